The van der Waals surface area contributed by atoms with E-state index >= 15 is 0 Å². The highest BCUT2D eigenvalue weighted by Crippen LogP contribution is 2.65. The minimum absolute atomic E-state index is 0.948. The molecule has 0 atom stereocenters. The first kappa shape index (κ1) is 25.6. The average molecular weight is 442 g/mol. The molecule has 0 saturated heterocycles. The van der Waals surface area contributed by atoms with Crippen LogP contribution >= 0.6 is 0 Å². The molecule has 16 heteroatoms. The van der Waals surface area contributed by atoms with E-state index in [1.807, 2.05) is 0 Å². The number of hydrogen-bond donors (Lipinski definition) is 0. The Balaban J connectivity index is 7.82. The van der Waals surface area contributed by atoms with Crippen LogP contribution in [0.15, 0.2) is 11.1 Å². The van der Waals surface area contributed by atoms with Crippen LogP contribution in [0.5, 0.6) is 0 Å². The van der Waals surface area contributed by atoms with E-state index in [0.29, 0.717) is 0 Å². The zero-order valence-electron chi connectivity index (χ0n) is 12.5. The van der Waals surface area contributed by atoms with Gasteiger partial charge in [0.25, 0.3) is 0 Å². The second-order valence-corrected chi connectivity index (χ2v) is 5.27. The predicted octanol–water partition coefficient (Wildman–Crippen LogP) is 6.83. The van der Waals surface area contributed by atoms with Crippen LogP contribution in [0.1, 0.15) is 13.8 Å². The van der Waals surface area contributed by atoms with Crippen molar-refractivity contribution in [3.63, 3.8) is 0 Å². The quantitative estimate of drug-likeness (QED) is 0.325. The van der Waals surface area contributed by atoms with E-state index in [9.17, 15) is 70.2 Å². The van der Waals surface area contributed by atoms with Crippen LogP contribution in [0, 0.1) is 5.41 Å². The van der Waals surface area contributed by atoms with Gasteiger partial charge >= 0.3 is 36.6 Å². The first-order chi connectivity index (χ1) is 11.3. The summed E-state index contributed by atoms with van der Waals surface area (Å²) in [5.41, 5.74) is -22.4. The molecule has 0 nitrogen and oxygen atoms in total. The Hall–Kier alpha value is -1.38. The Labute approximate surface area is 138 Å². The van der Waals surface area contributed by atoms with Crippen molar-refractivity contribution in [3.8, 4) is 0 Å². The number of allylic oxidation sites excluding steroid dienone is 2. The third kappa shape index (κ3) is 3.93. The molecule has 0 N–H and O–H groups in total. The Bertz CT molecular complexity index is 506. The second kappa shape index (κ2) is 6.32. The molecule has 0 fully saturated rings. The lowest BCUT2D eigenvalue weighted by Crippen LogP contribution is -2.63. The SMILES string of the molecule is CC(=C(C(C)(C(F)(F)F)C(F)(F)F)C(F)(C(F)(F)F)C(F)(F)F)C(F)(F)F. The Morgan fingerprint density at radius 1 is 0.481 bits per heavy atom. The maximum atomic E-state index is 14.0. The Morgan fingerprint density at radius 3 is 0.889 bits per heavy atom. The zero-order valence-corrected chi connectivity index (χ0v) is 12.5. The number of halogens is 16. The smallest absolute Gasteiger partial charge is 0.218 e. The summed E-state index contributed by atoms with van der Waals surface area (Å²) in [4.78, 5) is 0. The van der Waals surface area contributed by atoms with Gasteiger partial charge in [-0.25, -0.2) is 4.39 Å². The summed E-state index contributed by atoms with van der Waals surface area (Å²) < 4.78 is 205. The van der Waals surface area contributed by atoms with Crippen molar-refractivity contribution in [2.24, 2.45) is 5.41 Å². The molecule has 0 unspecified atom stereocenters. The third-order valence-electron chi connectivity index (χ3n) is 3.56. The summed E-state index contributed by atoms with van der Waals surface area (Å²) in [5, 5.41) is 0. The molecule has 0 saturated carbocycles. The van der Waals surface area contributed by atoms with Crippen molar-refractivity contribution >= 4 is 0 Å². The van der Waals surface area contributed by atoms with Crippen molar-refractivity contribution in [2.75, 3.05) is 0 Å². The van der Waals surface area contributed by atoms with Gasteiger partial charge < -0.3 is 0 Å². The lowest BCUT2D eigenvalue weighted by Gasteiger charge is -2.44. The summed E-state index contributed by atoms with van der Waals surface area (Å²) in [5.74, 6) is 0. The molecule has 0 heterocycles. The van der Waals surface area contributed by atoms with Gasteiger partial charge in [0.15, 0.2) is 5.41 Å². The molecule has 0 aromatic heterocycles. The van der Waals surface area contributed by atoms with Gasteiger partial charge in [0, 0.05) is 11.1 Å². The molecular formula is C11H6F16. The fraction of sp³-hybridized carbons (Fsp3) is 0.818. The van der Waals surface area contributed by atoms with Gasteiger partial charge in [-0.15, -0.1) is 0 Å². The molecule has 0 amide bonds. The molecule has 0 rings (SSSR count). The van der Waals surface area contributed by atoms with E-state index in [-0.39, 0.29) is 0 Å². The molecule has 0 aromatic rings. The molecule has 0 aliphatic rings. The van der Waals surface area contributed by atoms with E-state index in [4.69, 9.17) is 0 Å². The predicted molar refractivity (Wildman–Crippen MR) is 54.9 cm³/mol. The van der Waals surface area contributed by atoms with E-state index in [1.54, 1.807) is 0 Å². The van der Waals surface area contributed by atoms with E-state index < -0.39 is 67.0 Å². The van der Waals surface area contributed by atoms with Crippen molar-refractivity contribution in [1.29, 1.82) is 0 Å². The molecule has 0 aliphatic heterocycles. The van der Waals surface area contributed by atoms with Crippen molar-refractivity contribution in [2.45, 2.75) is 50.4 Å². The number of hydrogen-bond acceptors (Lipinski definition) is 0. The van der Waals surface area contributed by atoms with Crippen LogP contribution in [-0.2, 0) is 0 Å². The molecule has 27 heavy (non-hydrogen) atoms. The molecule has 0 spiro atoms. The lowest BCUT2D eigenvalue weighted by atomic mass is 9.69. The average Bonchev–Trinajstić information content (AvgIpc) is 2.31. The van der Waals surface area contributed by atoms with Crippen LogP contribution in [0.25, 0.3) is 0 Å². The fourth-order valence-corrected chi connectivity index (χ4v) is 2.01. The van der Waals surface area contributed by atoms with Crippen LogP contribution in [0.2, 0.25) is 0 Å². The van der Waals surface area contributed by atoms with Gasteiger partial charge in [0.2, 0.25) is 0 Å². The van der Waals surface area contributed by atoms with Crippen molar-refractivity contribution < 1.29 is 70.2 Å². The largest absolute Gasteiger partial charge is 0.435 e. The molecule has 0 radical (unpaired) electrons. The highest BCUT2D eigenvalue weighted by atomic mass is 19.4. The molecular weight excluding hydrogens is 436 g/mol. The normalized spacial score (nSPS) is 17.1. The zero-order chi connectivity index (χ0) is 22.7. The highest BCUT2D eigenvalue weighted by Gasteiger charge is 2.84. The maximum Gasteiger partial charge on any atom is 0.435 e. The van der Waals surface area contributed by atoms with Gasteiger partial charge in [-0.1, -0.05) is 0 Å². The van der Waals surface area contributed by atoms with Crippen LogP contribution in [-0.4, -0.2) is 36.6 Å². The van der Waals surface area contributed by atoms with Gasteiger partial charge in [-0.3, -0.25) is 0 Å². The lowest BCUT2D eigenvalue weighted by molar-refractivity contribution is -0.362. The summed E-state index contributed by atoms with van der Waals surface area (Å²) in [6.45, 7) is -2.39. The van der Waals surface area contributed by atoms with E-state index in [0.717, 1.165) is 0 Å². The number of alkyl halides is 16. The van der Waals surface area contributed by atoms with Crippen LogP contribution in [0.4, 0.5) is 70.2 Å². The van der Waals surface area contributed by atoms with Crippen molar-refractivity contribution in [1.82, 2.24) is 0 Å². The second-order valence-electron chi connectivity index (χ2n) is 5.27. The molecule has 0 aromatic carbocycles. The monoisotopic (exact) mass is 442 g/mol. The minimum Gasteiger partial charge on any atom is -0.218 e. The van der Waals surface area contributed by atoms with Crippen LogP contribution in [0.3, 0.4) is 0 Å². The van der Waals surface area contributed by atoms with Gasteiger partial charge in [-0.2, -0.15) is 65.9 Å². The van der Waals surface area contributed by atoms with E-state index in [1.165, 1.54) is 0 Å². The van der Waals surface area contributed by atoms with Crippen molar-refractivity contribution in [3.05, 3.63) is 11.1 Å². The summed E-state index contributed by atoms with van der Waals surface area (Å²) in [6, 6.07) is 0. The molecule has 0 bridgehead atoms. The maximum absolute atomic E-state index is 14.0. The Morgan fingerprint density at radius 2 is 0.741 bits per heavy atom. The highest BCUT2D eigenvalue weighted by molar-refractivity contribution is 5.39. The number of rotatable bonds is 2. The standard InChI is InChI=1S/C11H6F16/c1-3(7(13,14)15)4(5(2,8(16,17)18)9(19,20)21)6(12,10(22,23)24)11(25,26)27/h1-2H3. The van der Waals surface area contributed by atoms with E-state index in [2.05, 4.69) is 0 Å². The minimum atomic E-state index is -7.65. The van der Waals surface area contributed by atoms with Gasteiger partial charge in [0.1, 0.15) is 0 Å². The first-order valence-corrected chi connectivity index (χ1v) is 6.02. The summed E-state index contributed by atoms with van der Waals surface area (Å²) >= 11 is 0. The first-order valence-electron chi connectivity index (χ1n) is 6.02. The molecule has 0 aliphatic carbocycles. The Kier molecular flexibility index (Phi) is 6.00. The molecule has 162 valence electrons. The summed E-state index contributed by atoms with van der Waals surface area (Å²) in [6.07, 6.45) is -36.3. The third-order valence-corrected chi connectivity index (χ3v) is 3.56. The van der Waals surface area contributed by atoms with Crippen LogP contribution < -0.4 is 0 Å². The van der Waals surface area contributed by atoms with Gasteiger partial charge in [0.05, 0.1) is 0 Å². The fourth-order valence-electron chi connectivity index (χ4n) is 2.01. The topological polar surface area (TPSA) is 0 Å². The summed E-state index contributed by atoms with van der Waals surface area (Å²) in [7, 11) is 0. The van der Waals surface area contributed by atoms with Gasteiger partial charge in [-0.05, 0) is 13.8 Å².